The number of hydrogen-bond donors (Lipinski definition) is 2. The molecule has 2 N–H and O–H groups in total. The van der Waals surface area contributed by atoms with Gasteiger partial charge in [0.2, 0.25) is 0 Å². The molecule has 1 aliphatic heterocycles. The fourth-order valence-corrected chi connectivity index (χ4v) is 3.62. The summed E-state index contributed by atoms with van der Waals surface area (Å²) in [6, 6.07) is 1.52. The first-order valence-corrected chi connectivity index (χ1v) is 9.12. The van der Waals surface area contributed by atoms with Crippen molar-refractivity contribution in [2.24, 2.45) is 0 Å². The van der Waals surface area contributed by atoms with Crippen LogP contribution >= 0.6 is 0 Å². The molecule has 3 heterocycles. The maximum atomic E-state index is 13.0. The highest BCUT2D eigenvalue weighted by Crippen LogP contribution is 2.28. The van der Waals surface area contributed by atoms with Crippen LogP contribution < -0.4 is 5.56 Å². The molecule has 144 valence electrons. The Morgan fingerprint density at radius 3 is 2.63 bits per heavy atom. The quantitative estimate of drug-likeness (QED) is 0.797. The average molecular weight is 372 g/mol. The number of H-pyrrole nitrogens is 2. The van der Waals surface area contributed by atoms with Crippen LogP contribution in [-0.2, 0) is 4.74 Å². The van der Waals surface area contributed by atoms with E-state index in [-0.39, 0.29) is 24.0 Å². The van der Waals surface area contributed by atoms with E-state index in [1.807, 2.05) is 0 Å². The van der Waals surface area contributed by atoms with Gasteiger partial charge in [-0.2, -0.15) is 0 Å². The Bertz CT molecular complexity index is 907. The van der Waals surface area contributed by atoms with Crippen LogP contribution in [0.4, 0.5) is 0 Å². The van der Waals surface area contributed by atoms with Gasteiger partial charge in [0, 0.05) is 30.8 Å². The van der Waals surface area contributed by atoms with Crippen molar-refractivity contribution in [3.8, 4) is 0 Å². The fourth-order valence-electron chi connectivity index (χ4n) is 3.62. The first kappa shape index (κ1) is 18.9. The van der Waals surface area contributed by atoms with Gasteiger partial charge in [0.05, 0.1) is 24.2 Å². The van der Waals surface area contributed by atoms with Crippen LogP contribution in [0.1, 0.15) is 63.5 Å². The standard InChI is InChI=1S/C19H24N4O4/c1-4-27-19(26)17-11(2)16(12(3)22-17)18(25)23-7-5-13(6-8-23)14-9-15(24)21-10-20-14/h9-10,13,22H,4-8H2,1-3H3,(H,20,21,24). The van der Waals surface area contributed by atoms with Crippen LogP contribution in [0, 0.1) is 13.8 Å². The molecule has 8 heteroatoms. The van der Waals surface area contributed by atoms with Crippen LogP contribution in [-0.4, -0.2) is 51.4 Å². The number of ether oxygens (including phenoxy) is 1. The lowest BCUT2D eigenvalue weighted by Gasteiger charge is -2.31. The van der Waals surface area contributed by atoms with Gasteiger partial charge in [0.25, 0.3) is 11.5 Å². The molecule has 3 rings (SSSR count). The molecule has 1 aliphatic rings. The second kappa shape index (κ2) is 7.77. The normalized spacial score (nSPS) is 15.0. The van der Waals surface area contributed by atoms with Crippen molar-refractivity contribution in [2.45, 2.75) is 39.5 Å². The Kier molecular flexibility index (Phi) is 5.43. The van der Waals surface area contributed by atoms with Crippen LogP contribution in [0.15, 0.2) is 17.2 Å². The molecule has 0 bridgehead atoms. The molecule has 1 amide bonds. The number of piperidine rings is 1. The van der Waals surface area contributed by atoms with Gasteiger partial charge < -0.3 is 19.6 Å². The molecule has 0 spiro atoms. The van der Waals surface area contributed by atoms with E-state index in [4.69, 9.17) is 4.74 Å². The van der Waals surface area contributed by atoms with E-state index in [1.165, 1.54) is 12.4 Å². The van der Waals surface area contributed by atoms with Crippen LogP contribution in [0.5, 0.6) is 0 Å². The molecule has 0 aliphatic carbocycles. The smallest absolute Gasteiger partial charge is 0.355 e. The lowest BCUT2D eigenvalue weighted by molar-refractivity contribution is 0.0519. The summed E-state index contributed by atoms with van der Waals surface area (Å²) in [6.07, 6.45) is 2.91. The molecule has 0 aromatic carbocycles. The number of carbonyl (C=O) groups excluding carboxylic acids is 2. The summed E-state index contributed by atoms with van der Waals surface area (Å²) in [7, 11) is 0. The van der Waals surface area contributed by atoms with Gasteiger partial charge >= 0.3 is 5.97 Å². The van der Waals surface area contributed by atoms with E-state index in [2.05, 4.69) is 15.0 Å². The number of amides is 1. The molecule has 1 fully saturated rings. The number of rotatable bonds is 4. The van der Waals surface area contributed by atoms with Crippen LogP contribution in [0.25, 0.3) is 0 Å². The fraction of sp³-hybridized carbons (Fsp3) is 0.474. The van der Waals surface area contributed by atoms with Crippen molar-refractivity contribution in [2.75, 3.05) is 19.7 Å². The summed E-state index contributed by atoms with van der Waals surface area (Å²) in [5.74, 6) is -0.370. The zero-order chi connectivity index (χ0) is 19.6. The molecule has 0 radical (unpaired) electrons. The summed E-state index contributed by atoms with van der Waals surface area (Å²) < 4.78 is 5.04. The lowest BCUT2D eigenvalue weighted by Crippen LogP contribution is -2.38. The van der Waals surface area contributed by atoms with E-state index in [1.54, 1.807) is 25.7 Å². The maximum Gasteiger partial charge on any atom is 0.355 e. The lowest BCUT2D eigenvalue weighted by atomic mass is 9.92. The number of aryl methyl sites for hydroxylation is 1. The SMILES string of the molecule is CCOC(=O)c1[nH]c(C)c(C(=O)N2CCC(c3cc(=O)[nH]cn3)CC2)c1C. The Morgan fingerprint density at radius 1 is 1.30 bits per heavy atom. The number of aromatic amines is 2. The molecule has 1 saturated heterocycles. The Labute approximate surface area is 157 Å². The second-order valence-electron chi connectivity index (χ2n) is 6.75. The third kappa shape index (κ3) is 3.79. The van der Waals surface area contributed by atoms with E-state index < -0.39 is 5.97 Å². The summed E-state index contributed by atoms with van der Waals surface area (Å²) in [5.41, 5.74) is 2.76. The molecule has 0 unspecified atom stereocenters. The second-order valence-corrected chi connectivity index (χ2v) is 6.75. The molecular formula is C19H24N4O4. The third-order valence-corrected chi connectivity index (χ3v) is 5.03. The number of carbonyl (C=O) groups is 2. The summed E-state index contributed by atoms with van der Waals surface area (Å²) in [6.45, 7) is 6.73. The van der Waals surface area contributed by atoms with Gasteiger partial charge in [-0.15, -0.1) is 0 Å². The van der Waals surface area contributed by atoms with Crippen LogP contribution in [0.2, 0.25) is 0 Å². The number of nitrogens with zero attached hydrogens (tertiary/aromatic N) is 2. The largest absolute Gasteiger partial charge is 0.461 e. The third-order valence-electron chi connectivity index (χ3n) is 5.03. The number of nitrogens with one attached hydrogen (secondary N) is 2. The molecule has 0 saturated carbocycles. The van der Waals surface area contributed by atoms with Gasteiger partial charge in [0.15, 0.2) is 0 Å². The number of hydrogen-bond acceptors (Lipinski definition) is 5. The van der Waals surface area contributed by atoms with Crippen LogP contribution in [0.3, 0.4) is 0 Å². The Balaban J connectivity index is 1.73. The van der Waals surface area contributed by atoms with Gasteiger partial charge in [-0.25, -0.2) is 9.78 Å². The minimum Gasteiger partial charge on any atom is -0.461 e. The predicted molar refractivity (Wildman–Crippen MR) is 99.0 cm³/mol. The monoisotopic (exact) mass is 372 g/mol. The average Bonchev–Trinajstić information content (AvgIpc) is 2.96. The van der Waals surface area contributed by atoms with Crippen molar-refractivity contribution in [3.05, 3.63) is 51.0 Å². The molecular weight excluding hydrogens is 348 g/mol. The number of likely N-dealkylation sites (tertiary alicyclic amines) is 1. The zero-order valence-electron chi connectivity index (χ0n) is 15.8. The van der Waals surface area contributed by atoms with Crippen molar-refractivity contribution < 1.29 is 14.3 Å². The molecule has 2 aromatic rings. The highest BCUT2D eigenvalue weighted by atomic mass is 16.5. The predicted octanol–water partition coefficient (Wildman–Crippen LogP) is 1.91. The summed E-state index contributed by atoms with van der Waals surface area (Å²) in [4.78, 5) is 48.1. The van der Waals surface area contributed by atoms with Crippen molar-refractivity contribution in [1.82, 2.24) is 19.9 Å². The van der Waals surface area contributed by atoms with Crippen molar-refractivity contribution in [3.63, 3.8) is 0 Å². The van der Waals surface area contributed by atoms with E-state index >= 15 is 0 Å². The Hall–Kier alpha value is -2.90. The van der Waals surface area contributed by atoms with Gasteiger partial charge in [-0.05, 0) is 39.2 Å². The van der Waals surface area contributed by atoms with E-state index in [0.29, 0.717) is 35.6 Å². The highest BCUT2D eigenvalue weighted by molar-refractivity contribution is 6.01. The number of esters is 1. The number of aromatic nitrogens is 3. The maximum absolute atomic E-state index is 13.0. The van der Waals surface area contributed by atoms with Gasteiger partial charge in [0.1, 0.15) is 5.69 Å². The highest BCUT2D eigenvalue weighted by Gasteiger charge is 2.29. The van der Waals surface area contributed by atoms with E-state index in [9.17, 15) is 14.4 Å². The van der Waals surface area contributed by atoms with Crippen molar-refractivity contribution in [1.29, 1.82) is 0 Å². The van der Waals surface area contributed by atoms with Crippen molar-refractivity contribution >= 4 is 11.9 Å². The molecule has 2 aromatic heterocycles. The van der Waals surface area contributed by atoms with Gasteiger partial charge in [-0.1, -0.05) is 0 Å². The topological polar surface area (TPSA) is 108 Å². The first-order chi connectivity index (χ1) is 12.9. The minimum absolute atomic E-state index is 0.0888. The summed E-state index contributed by atoms with van der Waals surface area (Å²) in [5, 5.41) is 0. The molecule has 0 atom stereocenters. The van der Waals surface area contributed by atoms with Gasteiger partial charge in [-0.3, -0.25) is 9.59 Å². The molecule has 8 nitrogen and oxygen atoms in total. The Morgan fingerprint density at radius 2 is 2.00 bits per heavy atom. The molecule has 27 heavy (non-hydrogen) atoms. The minimum atomic E-state index is -0.448. The summed E-state index contributed by atoms with van der Waals surface area (Å²) >= 11 is 0. The zero-order valence-corrected chi connectivity index (χ0v) is 15.8. The first-order valence-electron chi connectivity index (χ1n) is 9.12. The van der Waals surface area contributed by atoms with E-state index in [0.717, 1.165) is 18.5 Å².